The normalized spacial score (nSPS) is 28.5. The molecule has 100 valence electrons. The number of nitrogens with two attached hydrogens (primary N) is 1. The van der Waals surface area contributed by atoms with Crippen molar-refractivity contribution >= 4 is 5.91 Å². The average molecular weight is 242 g/mol. The Kier molecular flexibility index (Phi) is 5.92. The highest BCUT2D eigenvalue weighted by atomic mass is 16.3. The number of hydrogen-bond acceptors (Lipinski definition) is 3. The summed E-state index contributed by atoms with van der Waals surface area (Å²) in [5.74, 6) is 0.695. The third kappa shape index (κ3) is 4.64. The maximum Gasteiger partial charge on any atom is 0.237 e. The summed E-state index contributed by atoms with van der Waals surface area (Å²) in [6.07, 6.45) is 4.50. The molecule has 0 aromatic rings. The van der Waals surface area contributed by atoms with Crippen LogP contribution in [0, 0.1) is 11.8 Å². The molecule has 0 saturated heterocycles. The van der Waals surface area contributed by atoms with E-state index in [2.05, 4.69) is 5.32 Å². The number of carbonyl (C=O) groups is 1. The minimum Gasteiger partial charge on any atom is -0.393 e. The fourth-order valence-electron chi connectivity index (χ4n) is 2.22. The number of hydrogen-bond donors (Lipinski definition) is 3. The smallest absolute Gasteiger partial charge is 0.237 e. The zero-order valence-corrected chi connectivity index (χ0v) is 11.0. The predicted molar refractivity (Wildman–Crippen MR) is 68.4 cm³/mol. The minimum atomic E-state index is -0.394. The standard InChI is InChI=1S/C13H26N2O2/c1-3-9(2)12(14)13(17)15-8-10-4-6-11(16)7-5-10/h9-12,16H,3-8,14H2,1-2H3,(H,15,17)/t9-,10?,11?,12-/m0/s1. The molecule has 2 atom stereocenters. The molecule has 4 N–H and O–H groups in total. The molecule has 1 aliphatic rings. The summed E-state index contributed by atoms with van der Waals surface area (Å²) in [7, 11) is 0. The maximum absolute atomic E-state index is 11.8. The van der Waals surface area contributed by atoms with Gasteiger partial charge in [-0.3, -0.25) is 4.79 Å². The highest BCUT2D eigenvalue weighted by molar-refractivity contribution is 5.81. The monoisotopic (exact) mass is 242 g/mol. The lowest BCUT2D eigenvalue weighted by Gasteiger charge is -2.26. The number of aliphatic hydroxyl groups excluding tert-OH is 1. The Hall–Kier alpha value is -0.610. The molecule has 4 heteroatoms. The van der Waals surface area contributed by atoms with Crippen molar-refractivity contribution in [3.05, 3.63) is 0 Å². The molecule has 0 heterocycles. The van der Waals surface area contributed by atoms with E-state index in [1.54, 1.807) is 0 Å². The number of carbonyl (C=O) groups excluding carboxylic acids is 1. The molecule has 1 saturated carbocycles. The van der Waals surface area contributed by atoms with Gasteiger partial charge in [-0.2, -0.15) is 0 Å². The summed E-state index contributed by atoms with van der Waals surface area (Å²) in [4.78, 5) is 11.8. The fraction of sp³-hybridized carbons (Fsp3) is 0.923. The van der Waals surface area contributed by atoms with E-state index in [1.165, 1.54) is 0 Å². The van der Waals surface area contributed by atoms with Crippen LogP contribution in [-0.2, 0) is 4.79 Å². The van der Waals surface area contributed by atoms with Crippen molar-refractivity contribution in [3.8, 4) is 0 Å². The maximum atomic E-state index is 11.8. The largest absolute Gasteiger partial charge is 0.393 e. The van der Waals surface area contributed by atoms with E-state index in [0.717, 1.165) is 32.1 Å². The topological polar surface area (TPSA) is 75.4 Å². The van der Waals surface area contributed by atoms with Crippen molar-refractivity contribution in [1.29, 1.82) is 0 Å². The minimum absolute atomic E-state index is 0.0366. The van der Waals surface area contributed by atoms with E-state index in [-0.39, 0.29) is 17.9 Å². The molecule has 0 aliphatic heterocycles. The number of amides is 1. The van der Waals surface area contributed by atoms with Gasteiger partial charge >= 0.3 is 0 Å². The molecule has 0 unspecified atom stereocenters. The van der Waals surface area contributed by atoms with E-state index in [9.17, 15) is 9.90 Å². The fourth-order valence-corrected chi connectivity index (χ4v) is 2.22. The van der Waals surface area contributed by atoms with Crippen LogP contribution >= 0.6 is 0 Å². The summed E-state index contributed by atoms with van der Waals surface area (Å²) in [5, 5.41) is 12.3. The van der Waals surface area contributed by atoms with E-state index < -0.39 is 6.04 Å². The lowest BCUT2D eigenvalue weighted by molar-refractivity contribution is -0.123. The van der Waals surface area contributed by atoms with Crippen molar-refractivity contribution in [2.75, 3.05) is 6.54 Å². The van der Waals surface area contributed by atoms with Gasteiger partial charge in [-0.1, -0.05) is 20.3 Å². The quantitative estimate of drug-likeness (QED) is 0.674. The van der Waals surface area contributed by atoms with Crippen molar-refractivity contribution in [2.24, 2.45) is 17.6 Å². The number of rotatable bonds is 5. The lowest BCUT2D eigenvalue weighted by atomic mass is 9.87. The van der Waals surface area contributed by atoms with Crippen LogP contribution in [-0.4, -0.2) is 29.7 Å². The molecular formula is C13H26N2O2. The molecule has 1 rings (SSSR count). The van der Waals surface area contributed by atoms with Crippen LogP contribution in [0.4, 0.5) is 0 Å². The first-order valence-electron chi connectivity index (χ1n) is 6.76. The zero-order valence-electron chi connectivity index (χ0n) is 11.0. The molecule has 0 radical (unpaired) electrons. The van der Waals surface area contributed by atoms with Gasteiger partial charge in [0.25, 0.3) is 0 Å². The Morgan fingerprint density at radius 2 is 2.00 bits per heavy atom. The lowest BCUT2D eigenvalue weighted by Crippen LogP contribution is -2.46. The van der Waals surface area contributed by atoms with Gasteiger partial charge in [0.1, 0.15) is 0 Å². The second-order valence-corrected chi connectivity index (χ2v) is 5.33. The van der Waals surface area contributed by atoms with Crippen LogP contribution in [0.25, 0.3) is 0 Å². The molecule has 0 spiro atoms. The summed E-state index contributed by atoms with van der Waals surface area (Å²) in [5.41, 5.74) is 5.86. The van der Waals surface area contributed by atoms with Gasteiger partial charge in [0.05, 0.1) is 12.1 Å². The highest BCUT2D eigenvalue weighted by Crippen LogP contribution is 2.23. The average Bonchev–Trinajstić information content (AvgIpc) is 2.35. The van der Waals surface area contributed by atoms with Gasteiger partial charge in [0.2, 0.25) is 5.91 Å². The van der Waals surface area contributed by atoms with Gasteiger partial charge in [0.15, 0.2) is 0 Å². The summed E-state index contributed by atoms with van der Waals surface area (Å²) < 4.78 is 0. The third-order valence-electron chi connectivity index (χ3n) is 3.94. The van der Waals surface area contributed by atoms with Crippen LogP contribution in [0.5, 0.6) is 0 Å². The molecule has 1 fully saturated rings. The van der Waals surface area contributed by atoms with E-state index in [4.69, 9.17) is 5.73 Å². The molecule has 1 aliphatic carbocycles. The summed E-state index contributed by atoms with van der Waals surface area (Å²) in [6.45, 7) is 4.75. The van der Waals surface area contributed by atoms with Crippen LogP contribution < -0.4 is 11.1 Å². The Morgan fingerprint density at radius 3 is 2.53 bits per heavy atom. The second-order valence-electron chi connectivity index (χ2n) is 5.33. The molecule has 0 aromatic carbocycles. The molecule has 0 bridgehead atoms. The second kappa shape index (κ2) is 6.97. The van der Waals surface area contributed by atoms with Crippen molar-refractivity contribution < 1.29 is 9.90 Å². The molecule has 4 nitrogen and oxygen atoms in total. The first kappa shape index (κ1) is 14.5. The van der Waals surface area contributed by atoms with E-state index >= 15 is 0 Å². The Balaban J connectivity index is 2.23. The molecule has 1 amide bonds. The molecule has 0 aromatic heterocycles. The summed E-state index contributed by atoms with van der Waals surface area (Å²) in [6, 6.07) is -0.394. The van der Waals surface area contributed by atoms with Crippen LogP contribution in [0.2, 0.25) is 0 Å². The Labute approximate surface area is 104 Å². The van der Waals surface area contributed by atoms with Crippen LogP contribution in [0.1, 0.15) is 46.0 Å². The first-order chi connectivity index (χ1) is 8.04. The predicted octanol–water partition coefficient (Wildman–Crippen LogP) is 1.03. The van der Waals surface area contributed by atoms with Crippen LogP contribution in [0.15, 0.2) is 0 Å². The highest BCUT2D eigenvalue weighted by Gasteiger charge is 2.22. The van der Waals surface area contributed by atoms with Gasteiger partial charge < -0.3 is 16.2 Å². The Morgan fingerprint density at radius 1 is 1.41 bits per heavy atom. The van der Waals surface area contributed by atoms with Gasteiger partial charge in [-0.25, -0.2) is 0 Å². The molecular weight excluding hydrogens is 216 g/mol. The zero-order chi connectivity index (χ0) is 12.8. The SMILES string of the molecule is CC[C@H](C)[C@H](N)C(=O)NCC1CCC(O)CC1. The first-order valence-corrected chi connectivity index (χ1v) is 6.76. The molecule has 17 heavy (non-hydrogen) atoms. The third-order valence-corrected chi connectivity index (χ3v) is 3.94. The van der Waals surface area contributed by atoms with E-state index in [0.29, 0.717) is 12.5 Å². The Bertz CT molecular complexity index is 238. The number of nitrogens with one attached hydrogen (secondary N) is 1. The van der Waals surface area contributed by atoms with Gasteiger partial charge in [-0.05, 0) is 37.5 Å². The van der Waals surface area contributed by atoms with Gasteiger partial charge in [0, 0.05) is 6.54 Å². The van der Waals surface area contributed by atoms with Crippen molar-refractivity contribution in [1.82, 2.24) is 5.32 Å². The van der Waals surface area contributed by atoms with Crippen LogP contribution in [0.3, 0.4) is 0 Å². The number of aliphatic hydroxyl groups is 1. The van der Waals surface area contributed by atoms with Crippen molar-refractivity contribution in [3.63, 3.8) is 0 Å². The van der Waals surface area contributed by atoms with Crippen molar-refractivity contribution in [2.45, 2.75) is 58.1 Å². The van der Waals surface area contributed by atoms with Gasteiger partial charge in [-0.15, -0.1) is 0 Å². The van der Waals surface area contributed by atoms with E-state index in [1.807, 2.05) is 13.8 Å². The summed E-state index contributed by atoms with van der Waals surface area (Å²) >= 11 is 0.